The average molecular weight is 329 g/mol. The second kappa shape index (κ2) is 4.69. The number of nitrogens with two attached hydrogens (primary N) is 1. The Kier molecular flexibility index (Phi) is 3.28. The van der Waals surface area contributed by atoms with E-state index in [-0.39, 0.29) is 5.82 Å². The zero-order valence-electron chi connectivity index (χ0n) is 8.28. The van der Waals surface area contributed by atoms with Gasteiger partial charge in [-0.1, -0.05) is 6.07 Å². The zero-order valence-corrected chi connectivity index (χ0v) is 10.4. The molecule has 0 aliphatic rings. The summed E-state index contributed by atoms with van der Waals surface area (Å²) in [5, 5.41) is 0. The van der Waals surface area contributed by atoms with Crippen LogP contribution in [0.25, 0.3) is 0 Å². The fraction of sp³-hybridized carbons (Fsp3) is 0. The molecule has 0 aliphatic carbocycles. The summed E-state index contributed by atoms with van der Waals surface area (Å²) in [6.07, 6.45) is 0. The first-order chi connectivity index (χ1) is 7.65. The molecule has 82 valence electrons. The van der Waals surface area contributed by atoms with Crippen molar-refractivity contribution in [3.8, 4) is 11.5 Å². The summed E-state index contributed by atoms with van der Waals surface area (Å²) in [6, 6.07) is 11.3. The number of anilines is 1. The summed E-state index contributed by atoms with van der Waals surface area (Å²) in [5.41, 5.74) is 6.30. The van der Waals surface area contributed by atoms with Crippen LogP contribution in [0.3, 0.4) is 0 Å². The molecule has 0 atom stereocenters. The fourth-order valence-electron chi connectivity index (χ4n) is 1.26. The topological polar surface area (TPSA) is 35.2 Å². The third-order valence-corrected chi connectivity index (χ3v) is 2.82. The van der Waals surface area contributed by atoms with Crippen molar-refractivity contribution in [2.24, 2.45) is 0 Å². The van der Waals surface area contributed by atoms with Crippen LogP contribution in [0.2, 0.25) is 0 Å². The molecule has 0 saturated heterocycles. The van der Waals surface area contributed by atoms with E-state index in [9.17, 15) is 4.39 Å². The van der Waals surface area contributed by atoms with Crippen molar-refractivity contribution < 1.29 is 9.13 Å². The molecular formula is C12H9FINO. The molecular weight excluding hydrogens is 320 g/mol. The monoisotopic (exact) mass is 329 g/mol. The van der Waals surface area contributed by atoms with Gasteiger partial charge in [-0.05, 0) is 52.9 Å². The maximum atomic E-state index is 12.9. The van der Waals surface area contributed by atoms with Crippen molar-refractivity contribution >= 4 is 28.3 Å². The van der Waals surface area contributed by atoms with Gasteiger partial charge in [-0.25, -0.2) is 4.39 Å². The second-order valence-corrected chi connectivity index (χ2v) is 4.41. The van der Waals surface area contributed by atoms with E-state index in [0.717, 1.165) is 3.57 Å². The minimum absolute atomic E-state index is 0.317. The average Bonchev–Trinajstić information content (AvgIpc) is 2.22. The molecule has 0 amide bonds. The van der Waals surface area contributed by atoms with E-state index in [2.05, 4.69) is 22.6 Å². The van der Waals surface area contributed by atoms with Crippen LogP contribution in [0.15, 0.2) is 42.5 Å². The zero-order chi connectivity index (χ0) is 11.5. The highest BCUT2D eigenvalue weighted by molar-refractivity contribution is 14.1. The minimum Gasteiger partial charge on any atom is -0.456 e. The van der Waals surface area contributed by atoms with E-state index in [1.807, 2.05) is 0 Å². The summed E-state index contributed by atoms with van der Waals surface area (Å²) in [5.74, 6) is 0.825. The number of hydrogen-bond acceptors (Lipinski definition) is 2. The lowest BCUT2D eigenvalue weighted by atomic mass is 10.3. The number of hydrogen-bond donors (Lipinski definition) is 1. The Morgan fingerprint density at radius 3 is 2.62 bits per heavy atom. The number of benzene rings is 2. The Morgan fingerprint density at radius 2 is 1.94 bits per heavy atom. The molecule has 0 unspecified atom stereocenters. The van der Waals surface area contributed by atoms with Crippen molar-refractivity contribution in [3.63, 3.8) is 0 Å². The molecule has 2 aromatic rings. The van der Waals surface area contributed by atoms with Crippen LogP contribution in [0.4, 0.5) is 10.1 Å². The molecule has 0 aromatic heterocycles. The molecule has 4 heteroatoms. The van der Waals surface area contributed by atoms with E-state index in [0.29, 0.717) is 17.2 Å². The Hall–Kier alpha value is -1.30. The SMILES string of the molecule is Nc1ccc(Oc2cccc(F)c2)c(I)c1. The maximum absolute atomic E-state index is 12.9. The lowest BCUT2D eigenvalue weighted by Gasteiger charge is -2.08. The normalized spacial score (nSPS) is 10.1. The number of nitrogen functional groups attached to an aromatic ring is 1. The van der Waals surface area contributed by atoms with Crippen LogP contribution in [0.5, 0.6) is 11.5 Å². The number of ether oxygens (including phenoxy) is 1. The number of halogens is 2. The van der Waals surface area contributed by atoms with Gasteiger partial charge in [0.25, 0.3) is 0 Å². The second-order valence-electron chi connectivity index (χ2n) is 3.25. The third-order valence-electron chi connectivity index (χ3n) is 1.98. The lowest BCUT2D eigenvalue weighted by molar-refractivity contribution is 0.473. The molecule has 0 heterocycles. The summed E-state index contributed by atoms with van der Waals surface area (Å²) in [4.78, 5) is 0. The van der Waals surface area contributed by atoms with Crippen molar-refractivity contribution in [1.29, 1.82) is 0 Å². The minimum atomic E-state index is -0.317. The third kappa shape index (κ3) is 2.63. The smallest absolute Gasteiger partial charge is 0.140 e. The van der Waals surface area contributed by atoms with Gasteiger partial charge in [0.2, 0.25) is 0 Å². The van der Waals surface area contributed by atoms with Gasteiger partial charge in [-0.2, -0.15) is 0 Å². The van der Waals surface area contributed by atoms with E-state index >= 15 is 0 Å². The molecule has 0 radical (unpaired) electrons. The molecule has 2 nitrogen and oxygen atoms in total. The van der Waals surface area contributed by atoms with E-state index in [1.165, 1.54) is 12.1 Å². The van der Waals surface area contributed by atoms with E-state index in [4.69, 9.17) is 10.5 Å². The molecule has 0 fully saturated rings. The summed E-state index contributed by atoms with van der Waals surface area (Å²) in [7, 11) is 0. The molecule has 0 bridgehead atoms. The van der Waals surface area contributed by atoms with Crippen LogP contribution in [-0.4, -0.2) is 0 Å². The highest BCUT2D eigenvalue weighted by Gasteiger charge is 2.03. The van der Waals surface area contributed by atoms with E-state index in [1.54, 1.807) is 30.3 Å². The highest BCUT2D eigenvalue weighted by atomic mass is 127. The Morgan fingerprint density at radius 1 is 1.12 bits per heavy atom. The number of rotatable bonds is 2. The lowest BCUT2D eigenvalue weighted by Crippen LogP contribution is -1.90. The Labute approximate surface area is 106 Å². The molecule has 2 N–H and O–H groups in total. The van der Waals surface area contributed by atoms with Crippen LogP contribution in [-0.2, 0) is 0 Å². The quantitative estimate of drug-likeness (QED) is 0.672. The largest absolute Gasteiger partial charge is 0.456 e. The van der Waals surface area contributed by atoms with E-state index < -0.39 is 0 Å². The van der Waals surface area contributed by atoms with Gasteiger partial charge in [0, 0.05) is 11.8 Å². The van der Waals surface area contributed by atoms with Crippen molar-refractivity contribution in [3.05, 3.63) is 51.9 Å². The predicted molar refractivity (Wildman–Crippen MR) is 70.0 cm³/mol. The van der Waals surface area contributed by atoms with Gasteiger partial charge in [-0.15, -0.1) is 0 Å². The fourth-order valence-corrected chi connectivity index (χ4v) is 1.91. The molecule has 2 aromatic carbocycles. The molecule has 2 rings (SSSR count). The van der Waals surface area contributed by atoms with Crippen molar-refractivity contribution in [2.75, 3.05) is 5.73 Å². The maximum Gasteiger partial charge on any atom is 0.140 e. The first-order valence-corrected chi connectivity index (χ1v) is 5.71. The van der Waals surface area contributed by atoms with Gasteiger partial charge in [0.05, 0.1) is 3.57 Å². The Bertz CT molecular complexity index is 516. The summed E-state index contributed by atoms with van der Waals surface area (Å²) in [6.45, 7) is 0. The van der Waals surface area contributed by atoms with Gasteiger partial charge in [0.1, 0.15) is 17.3 Å². The van der Waals surface area contributed by atoms with Gasteiger partial charge < -0.3 is 10.5 Å². The van der Waals surface area contributed by atoms with Crippen LogP contribution in [0.1, 0.15) is 0 Å². The predicted octanol–water partition coefficient (Wildman–Crippen LogP) is 3.80. The van der Waals surface area contributed by atoms with Gasteiger partial charge >= 0.3 is 0 Å². The summed E-state index contributed by atoms with van der Waals surface area (Å²) < 4.78 is 19.4. The highest BCUT2D eigenvalue weighted by Crippen LogP contribution is 2.28. The first-order valence-electron chi connectivity index (χ1n) is 4.63. The van der Waals surface area contributed by atoms with Gasteiger partial charge in [-0.3, -0.25) is 0 Å². The first kappa shape index (κ1) is 11.2. The van der Waals surface area contributed by atoms with Crippen LogP contribution in [0, 0.1) is 9.39 Å². The molecule has 0 saturated carbocycles. The Balaban J connectivity index is 2.27. The molecule has 16 heavy (non-hydrogen) atoms. The van der Waals surface area contributed by atoms with Crippen LogP contribution < -0.4 is 10.5 Å². The van der Waals surface area contributed by atoms with Crippen molar-refractivity contribution in [2.45, 2.75) is 0 Å². The summed E-state index contributed by atoms with van der Waals surface area (Å²) >= 11 is 2.12. The van der Waals surface area contributed by atoms with Crippen LogP contribution >= 0.6 is 22.6 Å². The molecule has 0 spiro atoms. The molecule has 0 aliphatic heterocycles. The van der Waals surface area contributed by atoms with Crippen molar-refractivity contribution in [1.82, 2.24) is 0 Å². The standard InChI is InChI=1S/C12H9FINO/c13-8-2-1-3-10(6-8)16-12-5-4-9(15)7-11(12)14/h1-7H,15H2. The van der Waals surface area contributed by atoms with Gasteiger partial charge in [0.15, 0.2) is 0 Å².